The minimum absolute atomic E-state index is 0.0984. The summed E-state index contributed by atoms with van der Waals surface area (Å²) in [4.78, 5) is 16.4. The van der Waals surface area contributed by atoms with Crippen LogP contribution in [0.2, 0.25) is 0 Å². The lowest BCUT2D eigenvalue weighted by Crippen LogP contribution is -2.41. The van der Waals surface area contributed by atoms with E-state index in [1.165, 1.54) is 0 Å². The van der Waals surface area contributed by atoms with Gasteiger partial charge in [-0.2, -0.15) is 0 Å². The predicted octanol–water partition coefficient (Wildman–Crippen LogP) is 0.700. The van der Waals surface area contributed by atoms with Gasteiger partial charge in [0.25, 0.3) is 0 Å². The molecule has 1 aromatic carbocycles. The van der Waals surface area contributed by atoms with Crippen LogP contribution in [0.25, 0.3) is 0 Å². The zero-order valence-electron chi connectivity index (χ0n) is 12.8. The van der Waals surface area contributed by atoms with Crippen molar-refractivity contribution < 1.29 is 14.3 Å². The third-order valence-corrected chi connectivity index (χ3v) is 3.84. The van der Waals surface area contributed by atoms with Crippen molar-refractivity contribution in [3.63, 3.8) is 0 Å². The summed E-state index contributed by atoms with van der Waals surface area (Å²) in [5.74, 6) is 1.45. The lowest BCUT2D eigenvalue weighted by Gasteiger charge is -2.23. The van der Waals surface area contributed by atoms with Gasteiger partial charge in [0, 0.05) is 37.8 Å². The Kier molecular flexibility index (Phi) is 5.03. The Labute approximate surface area is 125 Å². The standard InChI is InChI=1S/C15H23N3O3/c1-17(7-5-16)14-4-6-18(15(14)19)11-8-12(20-2)10-13(9-11)21-3/h8-10,14H,4-7,16H2,1-3H3. The highest BCUT2D eigenvalue weighted by Gasteiger charge is 2.35. The van der Waals surface area contributed by atoms with Gasteiger partial charge in [0.05, 0.1) is 25.9 Å². The molecule has 2 N–H and O–H groups in total. The third kappa shape index (κ3) is 3.28. The van der Waals surface area contributed by atoms with Crippen LogP contribution in [0, 0.1) is 0 Å². The van der Waals surface area contributed by atoms with E-state index in [0.717, 1.165) is 12.1 Å². The van der Waals surface area contributed by atoms with Crippen molar-refractivity contribution in [2.24, 2.45) is 5.73 Å². The molecule has 1 aromatic rings. The summed E-state index contributed by atoms with van der Waals surface area (Å²) in [6, 6.07) is 5.39. The van der Waals surface area contributed by atoms with Crippen LogP contribution in [0.15, 0.2) is 18.2 Å². The van der Waals surface area contributed by atoms with Crippen LogP contribution in [0.4, 0.5) is 5.69 Å². The highest BCUT2D eigenvalue weighted by Crippen LogP contribution is 2.31. The van der Waals surface area contributed by atoms with E-state index in [1.54, 1.807) is 25.2 Å². The number of ether oxygens (including phenoxy) is 2. The number of hydrogen-bond acceptors (Lipinski definition) is 5. The molecular formula is C15H23N3O3. The van der Waals surface area contributed by atoms with Crippen molar-refractivity contribution in [2.75, 3.05) is 45.8 Å². The largest absolute Gasteiger partial charge is 0.497 e. The van der Waals surface area contributed by atoms with Crippen molar-refractivity contribution in [1.82, 2.24) is 4.90 Å². The van der Waals surface area contributed by atoms with E-state index >= 15 is 0 Å². The lowest BCUT2D eigenvalue weighted by atomic mass is 10.2. The van der Waals surface area contributed by atoms with Gasteiger partial charge < -0.3 is 20.1 Å². The van der Waals surface area contributed by atoms with Gasteiger partial charge in [0.1, 0.15) is 11.5 Å². The summed E-state index contributed by atoms with van der Waals surface area (Å²) in [6.07, 6.45) is 0.800. The normalized spacial score (nSPS) is 18.4. The number of nitrogens with zero attached hydrogens (tertiary/aromatic N) is 2. The highest BCUT2D eigenvalue weighted by molar-refractivity contribution is 5.99. The van der Waals surface area contributed by atoms with Crippen LogP contribution in [0.5, 0.6) is 11.5 Å². The van der Waals surface area contributed by atoms with Gasteiger partial charge in [-0.3, -0.25) is 9.69 Å². The topological polar surface area (TPSA) is 68.0 Å². The first-order valence-electron chi connectivity index (χ1n) is 7.05. The molecule has 1 saturated heterocycles. The number of carbonyl (C=O) groups excluding carboxylic acids is 1. The summed E-state index contributed by atoms with van der Waals surface area (Å²) in [7, 11) is 5.13. The Morgan fingerprint density at radius 3 is 2.43 bits per heavy atom. The molecule has 6 heteroatoms. The summed E-state index contributed by atoms with van der Waals surface area (Å²) in [5.41, 5.74) is 6.37. The lowest BCUT2D eigenvalue weighted by molar-refractivity contribution is -0.121. The van der Waals surface area contributed by atoms with E-state index in [9.17, 15) is 4.79 Å². The van der Waals surface area contributed by atoms with Gasteiger partial charge in [-0.15, -0.1) is 0 Å². The van der Waals surface area contributed by atoms with Crippen LogP contribution in [0.3, 0.4) is 0 Å². The molecule has 6 nitrogen and oxygen atoms in total. The number of hydrogen-bond donors (Lipinski definition) is 1. The molecule has 0 saturated carbocycles. The van der Waals surface area contributed by atoms with E-state index in [0.29, 0.717) is 31.1 Å². The van der Waals surface area contributed by atoms with Crippen molar-refractivity contribution in [3.05, 3.63) is 18.2 Å². The fraction of sp³-hybridized carbons (Fsp3) is 0.533. The van der Waals surface area contributed by atoms with Crippen molar-refractivity contribution in [1.29, 1.82) is 0 Å². The Morgan fingerprint density at radius 1 is 1.29 bits per heavy atom. The van der Waals surface area contributed by atoms with Gasteiger partial charge in [-0.1, -0.05) is 0 Å². The zero-order valence-corrected chi connectivity index (χ0v) is 12.8. The van der Waals surface area contributed by atoms with Crippen LogP contribution in [-0.4, -0.2) is 57.8 Å². The fourth-order valence-electron chi connectivity index (χ4n) is 2.64. The second-order valence-corrected chi connectivity index (χ2v) is 5.13. The Balaban J connectivity index is 2.21. The molecule has 1 aliphatic rings. The Bertz CT molecular complexity index is 485. The third-order valence-electron chi connectivity index (χ3n) is 3.84. The maximum absolute atomic E-state index is 12.6. The van der Waals surface area contributed by atoms with Gasteiger partial charge in [-0.05, 0) is 13.5 Å². The second kappa shape index (κ2) is 6.78. The summed E-state index contributed by atoms with van der Waals surface area (Å²) < 4.78 is 10.5. The minimum atomic E-state index is -0.106. The van der Waals surface area contributed by atoms with Crippen molar-refractivity contribution in [3.8, 4) is 11.5 Å². The van der Waals surface area contributed by atoms with Crippen LogP contribution >= 0.6 is 0 Å². The molecular weight excluding hydrogens is 270 g/mol. The first-order chi connectivity index (χ1) is 10.1. The number of nitrogens with two attached hydrogens (primary N) is 1. The SMILES string of the molecule is COc1cc(OC)cc(N2CCC(N(C)CCN)C2=O)c1. The van der Waals surface area contributed by atoms with E-state index in [1.807, 2.05) is 24.1 Å². The number of likely N-dealkylation sites (N-methyl/N-ethyl adjacent to an activating group) is 1. The number of amides is 1. The van der Waals surface area contributed by atoms with E-state index in [2.05, 4.69) is 0 Å². The van der Waals surface area contributed by atoms with E-state index < -0.39 is 0 Å². The van der Waals surface area contributed by atoms with Crippen molar-refractivity contribution in [2.45, 2.75) is 12.5 Å². The molecule has 0 spiro atoms. The summed E-state index contributed by atoms with van der Waals surface area (Å²) >= 11 is 0. The average molecular weight is 293 g/mol. The molecule has 0 aliphatic carbocycles. The fourth-order valence-corrected chi connectivity index (χ4v) is 2.64. The zero-order chi connectivity index (χ0) is 15.4. The van der Waals surface area contributed by atoms with Crippen LogP contribution in [0.1, 0.15) is 6.42 Å². The number of carbonyl (C=O) groups is 1. The van der Waals surface area contributed by atoms with Gasteiger partial charge in [0.2, 0.25) is 5.91 Å². The first kappa shape index (κ1) is 15.6. The molecule has 2 rings (SSSR count). The molecule has 1 atom stereocenters. The summed E-state index contributed by atoms with van der Waals surface area (Å²) in [5, 5.41) is 0. The number of anilines is 1. The van der Waals surface area contributed by atoms with Crippen LogP contribution < -0.4 is 20.1 Å². The van der Waals surface area contributed by atoms with E-state index in [-0.39, 0.29) is 11.9 Å². The molecule has 1 amide bonds. The van der Waals surface area contributed by atoms with Gasteiger partial charge in [0.15, 0.2) is 0 Å². The molecule has 0 aromatic heterocycles. The molecule has 116 valence electrons. The molecule has 0 radical (unpaired) electrons. The first-order valence-corrected chi connectivity index (χ1v) is 7.05. The molecule has 1 heterocycles. The molecule has 1 unspecified atom stereocenters. The van der Waals surface area contributed by atoms with Gasteiger partial charge >= 0.3 is 0 Å². The predicted molar refractivity (Wildman–Crippen MR) is 82.0 cm³/mol. The van der Waals surface area contributed by atoms with Gasteiger partial charge in [-0.25, -0.2) is 0 Å². The van der Waals surface area contributed by atoms with Crippen LogP contribution in [-0.2, 0) is 4.79 Å². The smallest absolute Gasteiger partial charge is 0.244 e. The van der Waals surface area contributed by atoms with E-state index in [4.69, 9.17) is 15.2 Å². The Morgan fingerprint density at radius 2 is 1.90 bits per heavy atom. The summed E-state index contributed by atoms with van der Waals surface area (Å²) in [6.45, 7) is 1.95. The molecule has 0 bridgehead atoms. The average Bonchev–Trinajstić information content (AvgIpc) is 2.88. The Hall–Kier alpha value is -1.79. The number of benzene rings is 1. The highest BCUT2D eigenvalue weighted by atomic mass is 16.5. The van der Waals surface area contributed by atoms with Crippen molar-refractivity contribution >= 4 is 11.6 Å². The quantitative estimate of drug-likeness (QED) is 0.836. The minimum Gasteiger partial charge on any atom is -0.497 e. The monoisotopic (exact) mass is 293 g/mol. The molecule has 1 fully saturated rings. The number of methoxy groups -OCH3 is 2. The number of rotatable bonds is 6. The molecule has 21 heavy (non-hydrogen) atoms. The molecule has 1 aliphatic heterocycles. The maximum Gasteiger partial charge on any atom is 0.244 e. The second-order valence-electron chi connectivity index (χ2n) is 5.13. The maximum atomic E-state index is 12.6.